The topological polar surface area (TPSA) is 47.9 Å². The van der Waals surface area contributed by atoms with Crippen LogP contribution in [0.3, 0.4) is 0 Å². The zero-order valence-corrected chi connectivity index (χ0v) is 19.6. The molecule has 30 heavy (non-hydrogen) atoms. The van der Waals surface area contributed by atoms with E-state index in [1.54, 1.807) is 13.0 Å². The van der Waals surface area contributed by atoms with Crippen LogP contribution in [0.5, 0.6) is 0 Å². The number of hydrogen-bond donors (Lipinski definition) is 2. The largest absolute Gasteiger partial charge is 0.934 e. The quantitative estimate of drug-likeness (QED) is 0.384. The van der Waals surface area contributed by atoms with E-state index in [1.807, 2.05) is 40.7 Å². The van der Waals surface area contributed by atoms with Crippen molar-refractivity contribution in [3.63, 3.8) is 0 Å². The monoisotopic (exact) mass is 420 g/mol. The highest BCUT2D eigenvalue weighted by atomic mass is 19.2. The second kappa shape index (κ2) is 12.5. The number of carbonyl (C=O) groups is 1. The zero-order chi connectivity index (χ0) is 22.8. The molecule has 0 saturated heterocycles. The first kappa shape index (κ1) is 25.9. The Morgan fingerprint density at radius 2 is 1.80 bits per heavy atom. The number of halogens is 2. The molecule has 0 saturated carbocycles. The molecule has 1 aromatic rings. The van der Waals surface area contributed by atoms with E-state index in [9.17, 15) is 13.4 Å². The Bertz CT molecular complexity index is 822. The number of aryl methyl sites for hydroxylation is 2. The number of aromatic amines is 1. The second-order valence-corrected chi connectivity index (χ2v) is 7.51. The molecule has 2 heterocycles. The van der Waals surface area contributed by atoms with E-state index in [-0.39, 0.29) is 12.3 Å². The van der Waals surface area contributed by atoms with Crippen molar-refractivity contribution in [2.24, 2.45) is 0 Å². The molecule has 1 aliphatic heterocycles. The summed E-state index contributed by atoms with van der Waals surface area (Å²) < 4.78 is 28.6. The van der Waals surface area contributed by atoms with Crippen LogP contribution in [-0.4, -0.2) is 35.0 Å². The predicted octanol–water partition coefficient (Wildman–Crippen LogP) is 5.81. The minimum atomic E-state index is -2.63. The summed E-state index contributed by atoms with van der Waals surface area (Å²) in [5.74, 6) is -0.0425. The summed E-state index contributed by atoms with van der Waals surface area (Å²) in [4.78, 5) is 15.6. The average molecular weight is 420 g/mol. The number of amides is 1. The molecule has 2 rings (SSSR count). The third-order valence-electron chi connectivity index (χ3n) is 5.06. The molecule has 7 heteroatoms. The first-order chi connectivity index (χ1) is 14.3. The summed E-state index contributed by atoms with van der Waals surface area (Å²) in [6.45, 7) is 14.2. The van der Waals surface area contributed by atoms with Crippen molar-refractivity contribution in [3.8, 4) is 0 Å². The Hall–Kier alpha value is -2.18. The number of nitrogens with zero attached hydrogens (tertiary/aromatic N) is 1. The molecular formula is C23H37BF2N3O+. The molecule has 1 aromatic heterocycles. The van der Waals surface area contributed by atoms with Crippen molar-refractivity contribution < 1.29 is 17.9 Å². The normalized spacial score (nSPS) is 14.9. The maximum absolute atomic E-state index is 13.8. The van der Waals surface area contributed by atoms with Crippen LogP contribution in [0.2, 0.25) is 0 Å². The smallest absolute Gasteiger partial charge is 0.359 e. The standard InChI is InChI=1S/C21H30BF2N3O.C2H6/c1-6-7-8-11-25-19(28)10-9-18(20-14(2)12-16(4)26-20)21-15(3)13-17(5)27(21)22(23)24;1-2/h12-13H,6-11H2,1-5H3,(H,25,28);1-2H3/p+1. The van der Waals surface area contributed by atoms with Crippen LogP contribution in [0.25, 0.3) is 5.57 Å². The number of hydrogen-bond acceptors (Lipinski definition) is 1. The summed E-state index contributed by atoms with van der Waals surface area (Å²) >= 11 is 0. The maximum Gasteiger partial charge on any atom is 0.934 e. The molecule has 0 fully saturated rings. The molecule has 0 aromatic carbocycles. The van der Waals surface area contributed by atoms with Crippen molar-refractivity contribution >= 4 is 24.6 Å². The van der Waals surface area contributed by atoms with Crippen molar-refractivity contribution in [3.05, 3.63) is 40.4 Å². The van der Waals surface area contributed by atoms with Gasteiger partial charge in [0.2, 0.25) is 5.91 Å². The van der Waals surface area contributed by atoms with Crippen LogP contribution in [0.4, 0.5) is 8.63 Å². The number of aromatic nitrogens is 1. The van der Waals surface area contributed by atoms with Gasteiger partial charge in [-0.2, -0.15) is 0 Å². The lowest BCUT2D eigenvalue weighted by Gasteiger charge is -2.12. The molecule has 0 bridgehead atoms. The van der Waals surface area contributed by atoms with Crippen LogP contribution in [-0.2, 0) is 4.79 Å². The van der Waals surface area contributed by atoms with Gasteiger partial charge in [-0.25, -0.2) is 13.1 Å². The van der Waals surface area contributed by atoms with Gasteiger partial charge in [0.05, 0.1) is 5.69 Å². The van der Waals surface area contributed by atoms with Gasteiger partial charge in [-0.05, 0) is 45.2 Å². The van der Waals surface area contributed by atoms with E-state index >= 15 is 0 Å². The van der Waals surface area contributed by atoms with Gasteiger partial charge < -0.3 is 10.3 Å². The van der Waals surface area contributed by atoms with Crippen LogP contribution in [0, 0.1) is 13.8 Å². The fourth-order valence-corrected chi connectivity index (χ4v) is 3.79. The average Bonchev–Trinajstić information content (AvgIpc) is 3.18. The summed E-state index contributed by atoms with van der Waals surface area (Å²) in [5.41, 5.74) is 5.39. The molecule has 2 N–H and O–H groups in total. The van der Waals surface area contributed by atoms with Gasteiger partial charge in [0, 0.05) is 42.8 Å². The number of allylic oxidation sites excluding steroid dienone is 3. The number of unbranched alkanes of at least 4 members (excludes halogenated alkanes) is 2. The van der Waals surface area contributed by atoms with E-state index in [2.05, 4.69) is 17.2 Å². The summed E-state index contributed by atoms with van der Waals surface area (Å²) in [6.07, 6.45) is 5.59. The lowest BCUT2D eigenvalue weighted by molar-refractivity contribution is -0.343. The Labute approximate surface area is 180 Å². The van der Waals surface area contributed by atoms with Crippen LogP contribution >= 0.6 is 0 Å². The molecular weight excluding hydrogens is 383 g/mol. The second-order valence-electron chi connectivity index (χ2n) is 7.51. The molecule has 4 nitrogen and oxygen atoms in total. The molecule has 1 amide bonds. The Morgan fingerprint density at radius 3 is 2.33 bits per heavy atom. The summed E-state index contributed by atoms with van der Waals surface area (Å²) in [7, 11) is -2.63. The lowest BCUT2D eigenvalue weighted by Crippen LogP contribution is -2.26. The van der Waals surface area contributed by atoms with E-state index in [1.165, 1.54) is 0 Å². The van der Waals surface area contributed by atoms with Gasteiger partial charge >= 0.3 is 7.40 Å². The molecule has 0 unspecified atom stereocenters. The number of carbonyl (C=O) groups excluding carboxylic acids is 1. The fourth-order valence-electron chi connectivity index (χ4n) is 3.79. The van der Waals surface area contributed by atoms with Crippen molar-refractivity contribution in [2.75, 3.05) is 6.54 Å². The molecule has 0 atom stereocenters. The van der Waals surface area contributed by atoms with E-state index < -0.39 is 7.40 Å². The highest BCUT2D eigenvalue weighted by molar-refractivity contribution is 6.35. The van der Waals surface area contributed by atoms with E-state index in [4.69, 9.17) is 0 Å². The van der Waals surface area contributed by atoms with Gasteiger partial charge in [0.25, 0.3) is 0 Å². The Morgan fingerprint density at radius 1 is 1.13 bits per heavy atom. The molecule has 166 valence electrons. The molecule has 0 aliphatic carbocycles. The maximum atomic E-state index is 13.8. The van der Waals surface area contributed by atoms with Crippen LogP contribution < -0.4 is 5.32 Å². The minimum absolute atomic E-state index is 0.0425. The highest BCUT2D eigenvalue weighted by Crippen LogP contribution is 2.33. The van der Waals surface area contributed by atoms with Crippen LogP contribution in [0.1, 0.15) is 83.7 Å². The van der Waals surface area contributed by atoms with Gasteiger partial charge in [-0.15, -0.1) is 0 Å². The number of nitrogens with one attached hydrogen (secondary N) is 2. The molecule has 0 spiro atoms. The number of H-pyrrole nitrogens is 1. The van der Waals surface area contributed by atoms with Crippen molar-refractivity contribution in [1.29, 1.82) is 0 Å². The van der Waals surface area contributed by atoms with Gasteiger partial charge in [0.15, 0.2) is 11.4 Å². The SMILES string of the molecule is CC.CCCCCNC(=O)CC/C(=C1\C(C)=CC(C)=[N+]1B(F)F)c1[nH]c(C)cc1C. The number of rotatable bonds is 9. The predicted molar refractivity (Wildman–Crippen MR) is 123 cm³/mol. The Kier molecular flexibility index (Phi) is 10.8. The van der Waals surface area contributed by atoms with Gasteiger partial charge in [-0.1, -0.05) is 33.6 Å². The van der Waals surface area contributed by atoms with Crippen molar-refractivity contribution in [2.45, 2.75) is 80.6 Å². The first-order valence-corrected chi connectivity index (χ1v) is 11.0. The molecule has 1 aliphatic rings. The van der Waals surface area contributed by atoms with E-state index in [0.717, 1.165) is 51.8 Å². The Balaban J connectivity index is 0.00000218. The van der Waals surface area contributed by atoms with E-state index in [0.29, 0.717) is 24.4 Å². The summed E-state index contributed by atoms with van der Waals surface area (Å²) in [6, 6.07) is 2.00. The van der Waals surface area contributed by atoms with Crippen LogP contribution in [0.15, 0.2) is 23.4 Å². The van der Waals surface area contributed by atoms with Gasteiger partial charge in [0.1, 0.15) is 0 Å². The zero-order valence-electron chi connectivity index (χ0n) is 19.6. The van der Waals surface area contributed by atoms with Gasteiger partial charge in [-0.3, -0.25) is 4.79 Å². The molecule has 0 radical (unpaired) electrons. The van der Waals surface area contributed by atoms with Crippen molar-refractivity contribution in [1.82, 2.24) is 10.3 Å². The minimum Gasteiger partial charge on any atom is -0.359 e. The fraction of sp³-hybridized carbons (Fsp3) is 0.565. The first-order valence-electron chi connectivity index (χ1n) is 11.0. The lowest BCUT2D eigenvalue weighted by atomic mass is 9.96. The third-order valence-corrected chi connectivity index (χ3v) is 5.06. The third kappa shape index (κ3) is 6.68. The highest BCUT2D eigenvalue weighted by Gasteiger charge is 2.44. The summed E-state index contributed by atoms with van der Waals surface area (Å²) in [5, 5.41) is 2.94.